The number of allylic oxidation sites excluding steroid dienone is 21. The van der Waals surface area contributed by atoms with Crippen LogP contribution in [0.2, 0.25) is 0 Å². The summed E-state index contributed by atoms with van der Waals surface area (Å²) >= 11 is 0. The molecule has 58 heavy (non-hydrogen) atoms. The van der Waals surface area contributed by atoms with E-state index in [1.807, 2.05) is 24.3 Å². The highest BCUT2D eigenvalue weighted by molar-refractivity contribution is 5.71. The number of nitrogens with zero attached hydrogens (tertiary/aromatic N) is 1. The fourth-order valence-corrected chi connectivity index (χ4v) is 5.11. The minimum absolute atomic E-state index is 0.0302. The number of rotatable bonds is 35. The third-order valence-electron chi connectivity index (χ3n) is 8.33. The van der Waals surface area contributed by atoms with Gasteiger partial charge in [0, 0.05) is 12.8 Å². The zero-order valence-corrected chi connectivity index (χ0v) is 36.4. The molecule has 0 saturated carbocycles. The van der Waals surface area contributed by atoms with E-state index in [2.05, 4.69) is 117 Å². The molecule has 0 aliphatic carbocycles. The van der Waals surface area contributed by atoms with Crippen LogP contribution >= 0.6 is 0 Å². The first kappa shape index (κ1) is 53.5. The molecule has 0 spiro atoms. The Kier molecular flexibility index (Phi) is 36.2. The Morgan fingerprint density at radius 2 is 0.897 bits per heavy atom. The molecule has 0 radical (unpaired) electrons. The molecular formula is C50H75NO7. The number of hydrogen-bond acceptors (Lipinski definition) is 7. The zero-order chi connectivity index (χ0) is 42.8. The van der Waals surface area contributed by atoms with Crippen molar-refractivity contribution in [2.45, 2.75) is 122 Å². The minimum atomic E-state index is -1.16. The molecule has 0 saturated heterocycles. The van der Waals surface area contributed by atoms with Crippen molar-refractivity contribution in [3.63, 3.8) is 0 Å². The predicted molar refractivity (Wildman–Crippen MR) is 240 cm³/mol. The summed E-state index contributed by atoms with van der Waals surface area (Å²) in [6.07, 6.45) is 56.7. The van der Waals surface area contributed by atoms with E-state index in [0.29, 0.717) is 12.8 Å². The van der Waals surface area contributed by atoms with Crippen LogP contribution in [0.25, 0.3) is 0 Å². The van der Waals surface area contributed by atoms with Crippen LogP contribution in [0.5, 0.6) is 0 Å². The van der Waals surface area contributed by atoms with Crippen LogP contribution in [0.15, 0.2) is 134 Å². The Labute approximate surface area is 352 Å². The Balaban J connectivity index is 4.66. The van der Waals surface area contributed by atoms with Crippen molar-refractivity contribution >= 4 is 17.9 Å². The second-order valence-electron chi connectivity index (χ2n) is 14.5. The summed E-state index contributed by atoms with van der Waals surface area (Å²) in [6, 6.07) is -0.760. The van der Waals surface area contributed by atoms with Crippen molar-refractivity contribution < 1.29 is 38.2 Å². The number of carboxylic acids is 1. The molecule has 0 N–H and O–H groups in total. The van der Waals surface area contributed by atoms with Gasteiger partial charge < -0.3 is 28.6 Å². The van der Waals surface area contributed by atoms with E-state index in [1.54, 1.807) is 27.2 Å². The van der Waals surface area contributed by atoms with Crippen molar-refractivity contribution in [2.24, 2.45) is 0 Å². The third-order valence-corrected chi connectivity index (χ3v) is 8.33. The molecule has 8 heteroatoms. The number of esters is 2. The molecule has 0 fully saturated rings. The van der Waals surface area contributed by atoms with E-state index in [0.717, 1.165) is 64.2 Å². The van der Waals surface area contributed by atoms with E-state index >= 15 is 0 Å². The molecule has 0 bridgehead atoms. The molecule has 0 aliphatic rings. The average molecular weight is 802 g/mol. The standard InChI is InChI=1S/C50H75NO7/c1-6-8-10-12-14-16-18-20-22-23-24-25-27-29-31-33-35-37-39-41-49(53)58-46(44-56-43-42-47(50(54)55)51(3,4)5)45-57-48(52)40-38-36-34-32-30-28-26-21-19-17-15-13-11-9-7-2/h8-11,14-17,20-22,24-26,29-32,35-38,46-47H,6-7,12-13,18-19,23,27-28,33-34,39-45H2,1-5H3/b10-8-,11-9-,16-14-,17-15-,22-20-,25-24-,26-21-,31-29-,32-30-,37-35-,38-36-. The van der Waals surface area contributed by atoms with Gasteiger partial charge in [-0.2, -0.15) is 0 Å². The average Bonchev–Trinajstić information content (AvgIpc) is 3.18. The van der Waals surface area contributed by atoms with Gasteiger partial charge in [-0.25, -0.2) is 0 Å². The highest BCUT2D eigenvalue weighted by Gasteiger charge is 2.25. The maximum Gasteiger partial charge on any atom is 0.309 e. The summed E-state index contributed by atoms with van der Waals surface area (Å²) in [5.74, 6) is -2.03. The second kappa shape index (κ2) is 39.3. The molecule has 0 aromatic carbocycles. The molecule has 0 rings (SSSR count). The number of hydrogen-bond donors (Lipinski definition) is 0. The second-order valence-corrected chi connectivity index (χ2v) is 14.5. The largest absolute Gasteiger partial charge is 0.544 e. The molecule has 8 nitrogen and oxygen atoms in total. The maximum absolute atomic E-state index is 12.7. The topological polar surface area (TPSA) is 102 Å². The van der Waals surface area contributed by atoms with Crippen LogP contribution in [-0.2, 0) is 28.6 Å². The number of carbonyl (C=O) groups is 3. The minimum Gasteiger partial charge on any atom is -0.544 e. The van der Waals surface area contributed by atoms with E-state index in [1.165, 1.54) is 0 Å². The third kappa shape index (κ3) is 37.1. The van der Waals surface area contributed by atoms with Gasteiger partial charge in [-0.05, 0) is 77.0 Å². The van der Waals surface area contributed by atoms with Crippen molar-refractivity contribution in [1.29, 1.82) is 0 Å². The highest BCUT2D eigenvalue weighted by atomic mass is 16.6. The van der Waals surface area contributed by atoms with Gasteiger partial charge in [-0.1, -0.05) is 148 Å². The molecule has 2 atom stereocenters. The zero-order valence-electron chi connectivity index (χ0n) is 36.4. The Morgan fingerprint density at radius 1 is 0.517 bits per heavy atom. The lowest BCUT2D eigenvalue weighted by molar-refractivity contribution is -0.889. The van der Waals surface area contributed by atoms with E-state index in [-0.39, 0.29) is 43.6 Å². The van der Waals surface area contributed by atoms with Crippen molar-refractivity contribution in [2.75, 3.05) is 41.0 Å². The Hall–Kier alpha value is -4.53. The van der Waals surface area contributed by atoms with Crippen LogP contribution < -0.4 is 5.11 Å². The highest BCUT2D eigenvalue weighted by Crippen LogP contribution is 2.09. The Bertz CT molecular complexity index is 1400. The molecule has 0 aliphatic heterocycles. The fraction of sp³-hybridized carbons (Fsp3) is 0.500. The van der Waals surface area contributed by atoms with Gasteiger partial charge in [-0.15, -0.1) is 0 Å². The monoisotopic (exact) mass is 802 g/mol. The first-order valence-electron chi connectivity index (χ1n) is 21.2. The summed E-state index contributed by atoms with van der Waals surface area (Å²) in [6.45, 7) is 4.20. The van der Waals surface area contributed by atoms with Gasteiger partial charge in [0.2, 0.25) is 0 Å². The summed E-state index contributed by atoms with van der Waals surface area (Å²) in [5.41, 5.74) is 0. The summed E-state index contributed by atoms with van der Waals surface area (Å²) < 4.78 is 16.9. The van der Waals surface area contributed by atoms with Crippen LogP contribution in [-0.4, -0.2) is 75.5 Å². The number of ether oxygens (including phenoxy) is 3. The van der Waals surface area contributed by atoms with Crippen LogP contribution in [0, 0.1) is 0 Å². The molecule has 0 aromatic rings. The van der Waals surface area contributed by atoms with Crippen LogP contribution in [0.4, 0.5) is 0 Å². The molecule has 322 valence electrons. The SMILES string of the molecule is CC/C=C\C/C=C\C/C=C\C/C=C\C/C=C\C/C=C\CCC(=O)OC(COCCC(C(=O)[O-])[N+](C)(C)C)COC(=O)C/C=C\C/C=C\C/C=C\C/C=C\C/C=C\CC. The van der Waals surface area contributed by atoms with Gasteiger partial charge in [-0.3, -0.25) is 9.59 Å². The number of carbonyl (C=O) groups excluding carboxylic acids is 3. The lowest BCUT2D eigenvalue weighted by atomic mass is 10.1. The lowest BCUT2D eigenvalue weighted by Gasteiger charge is -2.34. The number of aliphatic carboxylic acids is 1. The number of likely N-dealkylation sites (N-methyl/N-ethyl adjacent to an activating group) is 1. The molecule has 0 amide bonds. The lowest BCUT2D eigenvalue weighted by Crippen LogP contribution is -2.55. The first-order valence-corrected chi connectivity index (χ1v) is 21.2. The first-order chi connectivity index (χ1) is 28.1. The fourth-order valence-electron chi connectivity index (χ4n) is 5.11. The maximum atomic E-state index is 12.7. The van der Waals surface area contributed by atoms with Crippen molar-refractivity contribution in [1.82, 2.24) is 0 Å². The van der Waals surface area contributed by atoms with Gasteiger partial charge >= 0.3 is 11.9 Å². The van der Waals surface area contributed by atoms with E-state index < -0.39 is 30.1 Å². The normalized spacial score (nSPS) is 14.3. The summed E-state index contributed by atoms with van der Waals surface area (Å²) in [5, 5.41) is 11.6. The van der Waals surface area contributed by atoms with Crippen molar-refractivity contribution in [3.05, 3.63) is 134 Å². The van der Waals surface area contributed by atoms with Gasteiger partial charge in [0.05, 0.1) is 46.7 Å². The van der Waals surface area contributed by atoms with Crippen molar-refractivity contribution in [3.8, 4) is 0 Å². The smallest absolute Gasteiger partial charge is 0.309 e. The Morgan fingerprint density at radius 3 is 1.28 bits per heavy atom. The molecule has 0 aromatic heterocycles. The van der Waals surface area contributed by atoms with Gasteiger partial charge in [0.25, 0.3) is 0 Å². The van der Waals surface area contributed by atoms with Gasteiger partial charge in [0.15, 0.2) is 6.10 Å². The predicted octanol–water partition coefficient (Wildman–Crippen LogP) is 10.3. The van der Waals surface area contributed by atoms with E-state index in [9.17, 15) is 19.5 Å². The number of carboxylic acid groups (broad SMARTS) is 1. The number of quaternary nitrogens is 1. The molecular weight excluding hydrogens is 727 g/mol. The summed E-state index contributed by atoms with van der Waals surface area (Å²) in [7, 11) is 5.33. The van der Waals surface area contributed by atoms with Crippen LogP contribution in [0.3, 0.4) is 0 Å². The summed E-state index contributed by atoms with van der Waals surface area (Å²) in [4.78, 5) is 36.7. The quantitative estimate of drug-likeness (QED) is 0.0272. The van der Waals surface area contributed by atoms with E-state index in [4.69, 9.17) is 14.2 Å². The van der Waals surface area contributed by atoms with Crippen LogP contribution in [0.1, 0.15) is 110 Å². The van der Waals surface area contributed by atoms with Gasteiger partial charge in [0.1, 0.15) is 12.6 Å². The molecule has 0 heterocycles. The molecule has 2 unspecified atom stereocenters.